The zero-order valence-electron chi connectivity index (χ0n) is 17.7. The van der Waals surface area contributed by atoms with E-state index >= 15 is 0 Å². The molecule has 0 aliphatic heterocycles. The van der Waals surface area contributed by atoms with E-state index in [0.717, 1.165) is 5.56 Å². The number of nitrogens with one attached hydrogen (secondary N) is 1. The third kappa shape index (κ3) is 6.21. The molecule has 0 bridgehead atoms. The number of nitrogens with zero attached hydrogens (tertiary/aromatic N) is 3. The SMILES string of the molecule is CCn1c(CNC(=O)/C=C/c2ccccc2Cl)nnc1SCC(=O)c1ccc(OC)cc1. The van der Waals surface area contributed by atoms with Gasteiger partial charge >= 0.3 is 0 Å². The van der Waals surface area contributed by atoms with Crippen molar-refractivity contribution in [3.05, 3.63) is 76.6 Å². The summed E-state index contributed by atoms with van der Waals surface area (Å²) in [6.07, 6.45) is 3.09. The number of ketones is 1. The lowest BCUT2D eigenvalue weighted by molar-refractivity contribution is -0.116. The molecule has 0 fully saturated rings. The van der Waals surface area contributed by atoms with E-state index in [0.29, 0.717) is 33.9 Å². The van der Waals surface area contributed by atoms with Crippen LogP contribution in [0.2, 0.25) is 5.02 Å². The van der Waals surface area contributed by atoms with E-state index in [9.17, 15) is 9.59 Å². The predicted molar refractivity (Wildman–Crippen MR) is 126 cm³/mol. The standard InChI is InChI=1S/C23H23ClN4O3S/c1-3-28-21(14-25-22(30)13-10-16-6-4-5-7-19(16)24)26-27-23(28)32-15-20(29)17-8-11-18(31-2)12-9-17/h4-13H,3,14-15H2,1-2H3,(H,25,30)/b13-10+. The molecule has 0 aliphatic rings. The van der Waals surface area contributed by atoms with Gasteiger partial charge in [0.15, 0.2) is 16.8 Å². The van der Waals surface area contributed by atoms with E-state index in [1.165, 1.54) is 17.8 Å². The number of halogens is 1. The van der Waals surface area contributed by atoms with Gasteiger partial charge in [-0.15, -0.1) is 10.2 Å². The van der Waals surface area contributed by atoms with Crippen molar-refractivity contribution in [2.45, 2.75) is 25.2 Å². The maximum atomic E-state index is 12.5. The fourth-order valence-corrected chi connectivity index (χ4v) is 3.98. The minimum absolute atomic E-state index is 0.0112. The van der Waals surface area contributed by atoms with Crippen molar-refractivity contribution in [2.24, 2.45) is 0 Å². The van der Waals surface area contributed by atoms with E-state index in [-0.39, 0.29) is 24.0 Å². The number of methoxy groups -OCH3 is 1. The Labute approximate surface area is 195 Å². The molecule has 1 heterocycles. The molecule has 0 unspecified atom stereocenters. The van der Waals surface area contributed by atoms with Gasteiger partial charge in [-0.2, -0.15) is 0 Å². The molecule has 0 radical (unpaired) electrons. The molecular weight excluding hydrogens is 448 g/mol. The second-order valence-electron chi connectivity index (χ2n) is 6.66. The van der Waals surface area contributed by atoms with E-state index in [2.05, 4.69) is 15.5 Å². The van der Waals surface area contributed by atoms with Gasteiger partial charge in [-0.1, -0.05) is 41.6 Å². The summed E-state index contributed by atoms with van der Waals surface area (Å²) >= 11 is 7.41. The molecule has 32 heavy (non-hydrogen) atoms. The third-order valence-electron chi connectivity index (χ3n) is 4.59. The number of amides is 1. The smallest absolute Gasteiger partial charge is 0.244 e. The first-order valence-corrected chi connectivity index (χ1v) is 11.3. The number of hydrogen-bond acceptors (Lipinski definition) is 6. The van der Waals surface area contributed by atoms with Gasteiger partial charge in [-0.3, -0.25) is 9.59 Å². The predicted octanol–water partition coefficient (Wildman–Crippen LogP) is 4.26. The van der Waals surface area contributed by atoms with Gasteiger partial charge in [0.05, 0.1) is 19.4 Å². The molecule has 0 saturated heterocycles. The molecule has 0 spiro atoms. The van der Waals surface area contributed by atoms with Crippen LogP contribution >= 0.6 is 23.4 Å². The Morgan fingerprint density at radius 1 is 1.16 bits per heavy atom. The minimum atomic E-state index is -0.264. The molecule has 1 amide bonds. The first-order valence-electron chi connectivity index (χ1n) is 9.94. The van der Waals surface area contributed by atoms with Crippen LogP contribution in [-0.4, -0.2) is 39.3 Å². The molecule has 3 rings (SSSR count). The van der Waals surface area contributed by atoms with Crippen molar-refractivity contribution in [1.29, 1.82) is 0 Å². The molecular formula is C23H23ClN4O3S. The van der Waals surface area contributed by atoms with Crippen LogP contribution in [0.4, 0.5) is 0 Å². The molecule has 1 N–H and O–H groups in total. The van der Waals surface area contributed by atoms with Gasteiger partial charge in [0.25, 0.3) is 0 Å². The fraction of sp³-hybridized carbons (Fsp3) is 0.217. The Morgan fingerprint density at radius 2 is 1.91 bits per heavy atom. The Kier molecular flexibility index (Phi) is 8.47. The first-order chi connectivity index (χ1) is 15.5. The van der Waals surface area contributed by atoms with Crippen molar-refractivity contribution >= 4 is 41.1 Å². The van der Waals surface area contributed by atoms with E-state index < -0.39 is 0 Å². The van der Waals surface area contributed by atoms with Gasteiger partial charge in [0, 0.05) is 23.2 Å². The van der Waals surface area contributed by atoms with Gasteiger partial charge in [0.2, 0.25) is 5.91 Å². The summed E-state index contributed by atoms with van der Waals surface area (Å²) in [4.78, 5) is 24.6. The van der Waals surface area contributed by atoms with E-state index in [1.54, 1.807) is 43.5 Å². The number of thioether (sulfide) groups is 1. The highest BCUT2D eigenvalue weighted by Gasteiger charge is 2.14. The number of carbonyl (C=O) groups is 2. The summed E-state index contributed by atoms with van der Waals surface area (Å²) in [5.74, 6) is 1.28. The number of Topliss-reactive ketones (excluding diaryl/α,β-unsaturated/α-hetero) is 1. The van der Waals surface area contributed by atoms with Crippen LogP contribution in [0.15, 0.2) is 59.8 Å². The van der Waals surface area contributed by atoms with Crippen molar-refractivity contribution in [1.82, 2.24) is 20.1 Å². The molecule has 9 heteroatoms. The van der Waals surface area contributed by atoms with Crippen molar-refractivity contribution in [2.75, 3.05) is 12.9 Å². The summed E-state index contributed by atoms with van der Waals surface area (Å²) < 4.78 is 6.99. The number of aromatic nitrogens is 3. The number of hydrogen-bond donors (Lipinski definition) is 1. The molecule has 2 aromatic carbocycles. The highest BCUT2D eigenvalue weighted by Crippen LogP contribution is 2.20. The Hall–Kier alpha value is -3.10. The summed E-state index contributed by atoms with van der Waals surface area (Å²) in [5.41, 5.74) is 1.37. The largest absolute Gasteiger partial charge is 0.497 e. The minimum Gasteiger partial charge on any atom is -0.497 e. The lowest BCUT2D eigenvalue weighted by Gasteiger charge is -2.08. The quantitative estimate of drug-likeness (QED) is 0.270. The topological polar surface area (TPSA) is 86.1 Å². The molecule has 7 nitrogen and oxygen atoms in total. The van der Waals surface area contributed by atoms with Gasteiger partial charge in [-0.25, -0.2) is 0 Å². The van der Waals surface area contributed by atoms with E-state index in [1.807, 2.05) is 29.7 Å². The number of rotatable bonds is 10. The molecule has 0 atom stereocenters. The van der Waals surface area contributed by atoms with Crippen molar-refractivity contribution < 1.29 is 14.3 Å². The number of ether oxygens (including phenoxy) is 1. The average molecular weight is 471 g/mol. The number of benzene rings is 2. The maximum Gasteiger partial charge on any atom is 0.244 e. The summed E-state index contributed by atoms with van der Waals surface area (Å²) in [6.45, 7) is 2.80. The molecule has 0 aliphatic carbocycles. The van der Waals surface area contributed by atoms with Crippen LogP contribution in [0, 0.1) is 0 Å². The number of carbonyl (C=O) groups excluding carboxylic acids is 2. The van der Waals surface area contributed by atoms with Crippen LogP contribution in [0.25, 0.3) is 6.08 Å². The fourth-order valence-electron chi connectivity index (χ4n) is 2.87. The Balaban J connectivity index is 1.56. The van der Waals surface area contributed by atoms with Crippen molar-refractivity contribution in [3.63, 3.8) is 0 Å². The normalized spacial score (nSPS) is 11.0. The molecule has 1 aromatic heterocycles. The Bertz CT molecular complexity index is 1110. The monoisotopic (exact) mass is 470 g/mol. The van der Waals surface area contributed by atoms with E-state index in [4.69, 9.17) is 16.3 Å². The van der Waals surface area contributed by atoms with Crippen LogP contribution in [0.1, 0.15) is 28.7 Å². The summed E-state index contributed by atoms with van der Waals surface area (Å²) in [6, 6.07) is 14.3. The summed E-state index contributed by atoms with van der Waals surface area (Å²) in [5, 5.41) is 12.4. The van der Waals surface area contributed by atoms with Crippen LogP contribution < -0.4 is 10.1 Å². The van der Waals surface area contributed by atoms with Gasteiger partial charge in [0.1, 0.15) is 5.75 Å². The molecule has 166 valence electrons. The van der Waals surface area contributed by atoms with Crippen molar-refractivity contribution in [3.8, 4) is 5.75 Å². The zero-order chi connectivity index (χ0) is 22.9. The Morgan fingerprint density at radius 3 is 2.59 bits per heavy atom. The third-order valence-corrected chi connectivity index (χ3v) is 5.91. The first kappa shape index (κ1) is 23.6. The van der Waals surface area contributed by atoms with Gasteiger partial charge < -0.3 is 14.6 Å². The van der Waals surface area contributed by atoms with Crippen LogP contribution in [0.5, 0.6) is 5.75 Å². The molecule has 3 aromatic rings. The lowest BCUT2D eigenvalue weighted by Crippen LogP contribution is -2.22. The average Bonchev–Trinajstić information content (AvgIpc) is 3.22. The second-order valence-corrected chi connectivity index (χ2v) is 8.01. The molecule has 0 saturated carbocycles. The zero-order valence-corrected chi connectivity index (χ0v) is 19.3. The second kappa shape index (κ2) is 11.5. The maximum absolute atomic E-state index is 12.5. The van der Waals surface area contributed by atoms with Gasteiger partial charge in [-0.05, 0) is 48.9 Å². The van der Waals surface area contributed by atoms with Crippen LogP contribution in [-0.2, 0) is 17.9 Å². The highest BCUT2D eigenvalue weighted by molar-refractivity contribution is 7.99. The van der Waals surface area contributed by atoms with Crippen LogP contribution in [0.3, 0.4) is 0 Å². The summed E-state index contributed by atoms with van der Waals surface area (Å²) in [7, 11) is 1.58. The highest BCUT2D eigenvalue weighted by atomic mass is 35.5. The lowest BCUT2D eigenvalue weighted by atomic mass is 10.1.